The zero-order valence-electron chi connectivity index (χ0n) is 13.0. The number of rotatable bonds is 2. The van der Waals surface area contributed by atoms with Crippen molar-refractivity contribution in [2.75, 3.05) is 19.8 Å². The molecule has 0 bridgehead atoms. The van der Waals surface area contributed by atoms with Crippen LogP contribution in [0.2, 0.25) is 0 Å². The maximum absolute atomic E-state index is 12.6. The van der Waals surface area contributed by atoms with Crippen LogP contribution in [0.25, 0.3) is 0 Å². The van der Waals surface area contributed by atoms with Crippen molar-refractivity contribution in [3.8, 4) is 0 Å². The number of ketones is 1. The summed E-state index contributed by atoms with van der Waals surface area (Å²) < 4.78 is 11.3. The molecule has 2 aliphatic carbocycles. The standard InChI is InChI=1S/C17H21NO4/c1-10-13-3-4-14(19)11(2)15(13)18(16(10)20)9-12-7-17(8-12)21-5-6-22-17/h3-4,10-12H,5-9H2,1-2H3. The van der Waals surface area contributed by atoms with Crippen LogP contribution in [-0.2, 0) is 19.1 Å². The number of hydrogen-bond donors (Lipinski definition) is 0. The first-order chi connectivity index (χ1) is 10.5. The first-order valence-electron chi connectivity index (χ1n) is 8.06. The SMILES string of the molecule is CC1C(=O)N(CC2CC3(C2)OCCO3)C2=C1C=CC(=O)C2C. The molecule has 2 unspecified atom stereocenters. The van der Waals surface area contributed by atoms with Gasteiger partial charge in [-0.2, -0.15) is 0 Å². The third-order valence-corrected chi connectivity index (χ3v) is 5.41. The van der Waals surface area contributed by atoms with Gasteiger partial charge in [-0.3, -0.25) is 9.59 Å². The lowest BCUT2D eigenvalue weighted by atomic mass is 9.78. The van der Waals surface area contributed by atoms with Gasteiger partial charge >= 0.3 is 0 Å². The number of hydrogen-bond acceptors (Lipinski definition) is 4. The highest BCUT2D eigenvalue weighted by Gasteiger charge is 2.51. The maximum atomic E-state index is 12.6. The second-order valence-electron chi connectivity index (χ2n) is 6.85. The van der Waals surface area contributed by atoms with E-state index in [-0.39, 0.29) is 29.3 Å². The van der Waals surface area contributed by atoms with Crippen LogP contribution >= 0.6 is 0 Å². The number of carbonyl (C=O) groups excluding carboxylic acids is 2. The molecular formula is C17H21NO4. The molecule has 1 amide bonds. The quantitative estimate of drug-likeness (QED) is 0.778. The largest absolute Gasteiger partial charge is 0.348 e. The second-order valence-corrected chi connectivity index (χ2v) is 6.85. The van der Waals surface area contributed by atoms with Gasteiger partial charge in [0, 0.05) is 25.1 Å². The fraction of sp³-hybridized carbons (Fsp3) is 0.647. The minimum Gasteiger partial charge on any atom is -0.348 e. The molecule has 0 aromatic carbocycles. The molecule has 0 radical (unpaired) electrons. The Morgan fingerprint density at radius 1 is 1.14 bits per heavy atom. The van der Waals surface area contributed by atoms with Crippen LogP contribution in [0.15, 0.2) is 23.4 Å². The van der Waals surface area contributed by atoms with Crippen LogP contribution < -0.4 is 0 Å². The Morgan fingerprint density at radius 3 is 2.50 bits per heavy atom. The summed E-state index contributed by atoms with van der Waals surface area (Å²) in [6.07, 6.45) is 5.11. The Bertz CT molecular complexity index is 592. The van der Waals surface area contributed by atoms with Crippen LogP contribution in [0.5, 0.6) is 0 Å². The monoisotopic (exact) mass is 303 g/mol. The molecule has 2 atom stereocenters. The molecule has 5 nitrogen and oxygen atoms in total. The smallest absolute Gasteiger partial charge is 0.234 e. The lowest BCUT2D eigenvalue weighted by Gasteiger charge is -2.44. The van der Waals surface area contributed by atoms with Crippen LogP contribution in [0.3, 0.4) is 0 Å². The van der Waals surface area contributed by atoms with E-state index < -0.39 is 0 Å². The summed E-state index contributed by atoms with van der Waals surface area (Å²) in [6.45, 7) is 5.82. The molecule has 2 fully saturated rings. The molecule has 5 heteroatoms. The second kappa shape index (κ2) is 4.77. The van der Waals surface area contributed by atoms with Gasteiger partial charge in [0.2, 0.25) is 5.91 Å². The van der Waals surface area contributed by atoms with Gasteiger partial charge in [-0.15, -0.1) is 0 Å². The highest BCUT2D eigenvalue weighted by atomic mass is 16.7. The summed E-state index contributed by atoms with van der Waals surface area (Å²) in [5.41, 5.74) is 1.93. The Labute approximate surface area is 129 Å². The first-order valence-corrected chi connectivity index (χ1v) is 8.06. The van der Waals surface area contributed by atoms with Gasteiger partial charge in [0.25, 0.3) is 0 Å². The lowest BCUT2D eigenvalue weighted by Crippen LogP contribution is -2.49. The zero-order chi connectivity index (χ0) is 15.5. The molecule has 4 aliphatic rings. The van der Waals surface area contributed by atoms with Crippen molar-refractivity contribution in [3.63, 3.8) is 0 Å². The first kappa shape index (κ1) is 14.2. The highest BCUT2D eigenvalue weighted by Crippen LogP contribution is 2.46. The van der Waals surface area contributed by atoms with Gasteiger partial charge in [0.15, 0.2) is 11.6 Å². The van der Waals surface area contributed by atoms with Crippen LogP contribution in [-0.4, -0.2) is 42.1 Å². The van der Waals surface area contributed by atoms with E-state index in [1.165, 1.54) is 0 Å². The summed E-state index contributed by atoms with van der Waals surface area (Å²) in [5.74, 6) is -0.167. The number of carbonyl (C=O) groups is 2. The van der Waals surface area contributed by atoms with Gasteiger partial charge in [0.05, 0.1) is 25.0 Å². The number of allylic oxidation sites excluding steroid dienone is 3. The van der Waals surface area contributed by atoms with Crippen molar-refractivity contribution in [2.24, 2.45) is 17.8 Å². The molecule has 1 spiro atoms. The summed E-state index contributed by atoms with van der Waals surface area (Å²) in [5, 5.41) is 0. The molecule has 0 N–H and O–H groups in total. The molecule has 2 aliphatic heterocycles. The summed E-state index contributed by atoms with van der Waals surface area (Å²) >= 11 is 0. The van der Waals surface area contributed by atoms with Gasteiger partial charge in [-0.1, -0.05) is 6.08 Å². The zero-order valence-corrected chi connectivity index (χ0v) is 13.0. The molecule has 0 aromatic rings. The van der Waals surface area contributed by atoms with Gasteiger partial charge in [0.1, 0.15) is 0 Å². The number of ether oxygens (including phenoxy) is 2. The van der Waals surface area contributed by atoms with Crippen LogP contribution in [0, 0.1) is 17.8 Å². The van der Waals surface area contributed by atoms with Crippen molar-refractivity contribution < 1.29 is 19.1 Å². The van der Waals surface area contributed by atoms with Crippen LogP contribution in [0.4, 0.5) is 0 Å². The van der Waals surface area contributed by atoms with E-state index in [1.54, 1.807) is 6.08 Å². The molecule has 118 valence electrons. The topological polar surface area (TPSA) is 55.8 Å². The maximum Gasteiger partial charge on any atom is 0.234 e. The van der Waals surface area contributed by atoms with Crippen molar-refractivity contribution >= 4 is 11.7 Å². The van der Waals surface area contributed by atoms with E-state index in [4.69, 9.17) is 9.47 Å². The highest BCUT2D eigenvalue weighted by molar-refractivity contribution is 5.99. The summed E-state index contributed by atoms with van der Waals surface area (Å²) in [4.78, 5) is 26.4. The van der Waals surface area contributed by atoms with Crippen molar-refractivity contribution in [1.29, 1.82) is 0 Å². The Balaban J connectivity index is 1.51. The Morgan fingerprint density at radius 2 is 1.82 bits per heavy atom. The van der Waals surface area contributed by atoms with Crippen molar-refractivity contribution in [1.82, 2.24) is 4.90 Å². The molecular weight excluding hydrogens is 282 g/mol. The lowest BCUT2D eigenvalue weighted by molar-refractivity contribution is -0.231. The van der Waals surface area contributed by atoms with E-state index in [9.17, 15) is 9.59 Å². The van der Waals surface area contributed by atoms with E-state index in [2.05, 4.69) is 0 Å². The van der Waals surface area contributed by atoms with E-state index in [0.717, 1.165) is 24.1 Å². The molecule has 1 saturated carbocycles. The Kier molecular flexibility index (Phi) is 3.07. The van der Waals surface area contributed by atoms with E-state index >= 15 is 0 Å². The third-order valence-electron chi connectivity index (χ3n) is 5.41. The van der Waals surface area contributed by atoms with E-state index in [1.807, 2.05) is 24.8 Å². The Hall–Kier alpha value is -1.46. The molecule has 22 heavy (non-hydrogen) atoms. The summed E-state index contributed by atoms with van der Waals surface area (Å²) in [7, 11) is 0. The van der Waals surface area contributed by atoms with Crippen LogP contribution in [0.1, 0.15) is 26.7 Å². The molecule has 0 aromatic heterocycles. The average molecular weight is 303 g/mol. The van der Waals surface area contributed by atoms with Gasteiger partial charge in [-0.25, -0.2) is 0 Å². The van der Waals surface area contributed by atoms with Crippen molar-refractivity contribution in [3.05, 3.63) is 23.4 Å². The van der Waals surface area contributed by atoms with Gasteiger partial charge < -0.3 is 14.4 Å². The third kappa shape index (κ3) is 1.92. The molecule has 2 heterocycles. The fourth-order valence-corrected chi connectivity index (χ4v) is 4.16. The number of nitrogens with zero attached hydrogens (tertiary/aromatic N) is 1. The average Bonchev–Trinajstić information content (AvgIpc) is 3.03. The fourth-order valence-electron chi connectivity index (χ4n) is 4.16. The molecule has 1 saturated heterocycles. The van der Waals surface area contributed by atoms with Gasteiger partial charge in [-0.05, 0) is 31.4 Å². The normalized spacial score (nSPS) is 33.8. The molecule has 4 rings (SSSR count). The number of amides is 1. The predicted octanol–water partition coefficient (Wildman–Crippen LogP) is 1.65. The minimum absolute atomic E-state index is 0.0817. The summed E-state index contributed by atoms with van der Waals surface area (Å²) in [6, 6.07) is 0. The van der Waals surface area contributed by atoms with E-state index in [0.29, 0.717) is 25.7 Å². The van der Waals surface area contributed by atoms with Crippen molar-refractivity contribution in [2.45, 2.75) is 32.5 Å². The minimum atomic E-state index is -0.385. The predicted molar refractivity (Wildman–Crippen MR) is 78.6 cm³/mol.